The molecule has 0 bridgehead atoms. The number of nitrogens with zero attached hydrogens (tertiary/aromatic N) is 2. The number of hydrogen-bond acceptors (Lipinski definition) is 6. The molecule has 0 saturated carbocycles. The van der Waals surface area contributed by atoms with Gasteiger partial charge in [0.05, 0.1) is 24.7 Å². The molecule has 3 aliphatic rings. The largest absolute Gasteiger partial charge is 0.487 e. The maximum absolute atomic E-state index is 12.9. The molecule has 0 unspecified atom stereocenters. The number of nitrogens with one attached hydrogen (secondary N) is 2. The second-order valence-electron chi connectivity index (χ2n) is 10.2. The van der Waals surface area contributed by atoms with Crippen LogP contribution in [0.25, 0.3) is 0 Å². The van der Waals surface area contributed by atoms with Crippen molar-refractivity contribution >= 4 is 23.3 Å². The number of ether oxygens (including phenoxy) is 2. The van der Waals surface area contributed by atoms with Crippen LogP contribution in [-0.2, 0) is 15.7 Å². The fourth-order valence-electron chi connectivity index (χ4n) is 5.38. The van der Waals surface area contributed by atoms with E-state index in [4.69, 9.17) is 9.47 Å². The summed E-state index contributed by atoms with van der Waals surface area (Å²) < 4.78 is 50.5. The third kappa shape index (κ3) is 6.13. The summed E-state index contributed by atoms with van der Waals surface area (Å²) in [6.07, 6.45) is -5.12. The number of carbonyl (C=O) groups excluding carboxylic acids is 2. The van der Waals surface area contributed by atoms with Gasteiger partial charge in [-0.15, -0.1) is 0 Å². The topological polar surface area (TPSA) is 103 Å². The monoisotopic (exact) mass is 548 g/mol. The summed E-state index contributed by atoms with van der Waals surface area (Å²) >= 11 is 0. The lowest BCUT2D eigenvalue weighted by atomic mass is 9.84. The minimum atomic E-state index is -4.46. The lowest BCUT2D eigenvalue weighted by molar-refractivity contribution is -0.150. The zero-order valence-corrected chi connectivity index (χ0v) is 21.4. The molecule has 3 N–H and O–H groups in total. The summed E-state index contributed by atoms with van der Waals surface area (Å²) in [5.74, 6) is 0.500. The van der Waals surface area contributed by atoms with Crippen LogP contribution in [-0.4, -0.2) is 85.0 Å². The molecule has 0 aliphatic carbocycles. The third-order valence-corrected chi connectivity index (χ3v) is 7.49. The van der Waals surface area contributed by atoms with E-state index in [9.17, 15) is 27.9 Å². The smallest absolute Gasteiger partial charge is 0.416 e. The first-order valence-corrected chi connectivity index (χ1v) is 12.9. The highest BCUT2D eigenvalue weighted by Gasteiger charge is 2.46. The van der Waals surface area contributed by atoms with Crippen LogP contribution < -0.4 is 15.4 Å². The summed E-state index contributed by atoms with van der Waals surface area (Å²) in [4.78, 5) is 29.5. The second kappa shape index (κ2) is 11.0. The molecule has 3 aliphatic heterocycles. The van der Waals surface area contributed by atoms with E-state index in [0.717, 1.165) is 30.8 Å². The first-order valence-electron chi connectivity index (χ1n) is 12.9. The van der Waals surface area contributed by atoms with Crippen molar-refractivity contribution in [1.82, 2.24) is 9.80 Å². The highest BCUT2D eigenvalue weighted by atomic mass is 19.4. The number of aliphatic hydroxyl groups excluding tert-OH is 1. The van der Waals surface area contributed by atoms with E-state index in [-0.39, 0.29) is 36.6 Å². The average Bonchev–Trinajstić information content (AvgIpc) is 3.26. The Morgan fingerprint density at radius 1 is 1.03 bits per heavy atom. The van der Waals surface area contributed by atoms with E-state index in [1.165, 1.54) is 12.1 Å². The molecular formula is C27H31F3N4O5. The van der Waals surface area contributed by atoms with Crippen LogP contribution in [0.2, 0.25) is 0 Å². The lowest BCUT2D eigenvalue weighted by Gasteiger charge is -2.38. The fourth-order valence-corrected chi connectivity index (χ4v) is 5.38. The number of alkyl halides is 3. The molecular weight excluding hydrogens is 517 g/mol. The molecule has 5 rings (SSSR count). The molecule has 2 aromatic carbocycles. The molecule has 2 fully saturated rings. The summed E-state index contributed by atoms with van der Waals surface area (Å²) in [5, 5.41) is 15.2. The van der Waals surface area contributed by atoms with Gasteiger partial charge >= 0.3 is 12.2 Å². The number of amides is 3. The number of hydrogen-bond donors (Lipinski definition) is 3. The summed E-state index contributed by atoms with van der Waals surface area (Å²) in [7, 11) is 2.02. The Morgan fingerprint density at radius 3 is 2.36 bits per heavy atom. The van der Waals surface area contributed by atoms with Gasteiger partial charge in [-0.25, -0.2) is 4.79 Å². The van der Waals surface area contributed by atoms with E-state index in [1.54, 1.807) is 18.2 Å². The van der Waals surface area contributed by atoms with Crippen LogP contribution in [0.1, 0.15) is 29.9 Å². The van der Waals surface area contributed by atoms with Crippen molar-refractivity contribution in [2.45, 2.75) is 43.2 Å². The average molecular weight is 549 g/mol. The minimum absolute atomic E-state index is 0.0257. The normalized spacial score (nSPS) is 24.9. The van der Waals surface area contributed by atoms with Gasteiger partial charge in [-0.1, -0.05) is 0 Å². The number of carbonyl (C=O) groups is 2. The van der Waals surface area contributed by atoms with E-state index >= 15 is 0 Å². The number of aliphatic hydroxyl groups is 1. The number of benzene rings is 2. The number of piperazine rings is 1. The maximum atomic E-state index is 12.9. The Labute approximate surface area is 223 Å². The van der Waals surface area contributed by atoms with Crippen LogP contribution in [0.15, 0.2) is 42.5 Å². The lowest BCUT2D eigenvalue weighted by Crippen LogP contribution is -2.50. The highest BCUT2D eigenvalue weighted by Crippen LogP contribution is 2.47. The van der Waals surface area contributed by atoms with E-state index in [0.29, 0.717) is 30.9 Å². The quantitative estimate of drug-likeness (QED) is 0.529. The Kier molecular flexibility index (Phi) is 7.70. The number of fused-ring (bicyclic) bond motifs is 3. The van der Waals surface area contributed by atoms with Crippen molar-refractivity contribution in [2.24, 2.45) is 0 Å². The van der Waals surface area contributed by atoms with Gasteiger partial charge < -0.3 is 35.0 Å². The van der Waals surface area contributed by atoms with Gasteiger partial charge in [-0.2, -0.15) is 13.2 Å². The van der Waals surface area contributed by atoms with Crippen LogP contribution in [0.4, 0.5) is 29.3 Å². The second-order valence-corrected chi connectivity index (χ2v) is 10.2. The van der Waals surface area contributed by atoms with E-state index < -0.39 is 30.0 Å². The van der Waals surface area contributed by atoms with Crippen LogP contribution in [0.5, 0.6) is 5.75 Å². The molecule has 2 saturated heterocycles. The molecule has 9 nitrogen and oxygen atoms in total. The summed E-state index contributed by atoms with van der Waals surface area (Å²) in [5.41, 5.74) is 0.724. The van der Waals surface area contributed by atoms with Crippen molar-refractivity contribution in [3.63, 3.8) is 0 Å². The SMILES string of the molecule is CN1CCN(C(=O)C[C@H]2C[C@H]3c4cc(NC(=O)Nc5ccc(C(F)(F)F)cc5)ccc4O[C@H]3[C@H](CO)O2)CC1. The number of rotatable bonds is 5. The summed E-state index contributed by atoms with van der Waals surface area (Å²) in [6, 6.07) is 8.72. The van der Waals surface area contributed by atoms with Gasteiger partial charge in [0.1, 0.15) is 18.0 Å². The molecule has 3 heterocycles. The predicted octanol–water partition coefficient (Wildman–Crippen LogP) is 3.51. The number of likely N-dealkylation sites (N-methyl/N-ethyl adjacent to an activating group) is 1. The fraction of sp³-hybridized carbons (Fsp3) is 0.481. The predicted molar refractivity (Wildman–Crippen MR) is 137 cm³/mol. The number of halogens is 3. The van der Waals surface area contributed by atoms with Gasteiger partial charge in [-0.05, 0) is 55.9 Å². The molecule has 39 heavy (non-hydrogen) atoms. The van der Waals surface area contributed by atoms with Crippen molar-refractivity contribution in [3.8, 4) is 5.75 Å². The first kappa shape index (κ1) is 27.2. The first-order chi connectivity index (χ1) is 18.6. The van der Waals surface area contributed by atoms with Crippen molar-refractivity contribution in [3.05, 3.63) is 53.6 Å². The Bertz CT molecular complexity index is 1200. The number of urea groups is 1. The van der Waals surface area contributed by atoms with Crippen molar-refractivity contribution in [1.29, 1.82) is 0 Å². The molecule has 2 aromatic rings. The molecule has 0 spiro atoms. The Morgan fingerprint density at radius 2 is 1.69 bits per heavy atom. The van der Waals surface area contributed by atoms with Gasteiger partial charge in [0, 0.05) is 49.0 Å². The van der Waals surface area contributed by atoms with E-state index in [1.807, 2.05) is 11.9 Å². The Balaban J connectivity index is 1.24. The Hall–Kier alpha value is -3.35. The van der Waals surface area contributed by atoms with Gasteiger partial charge in [0.2, 0.25) is 5.91 Å². The minimum Gasteiger partial charge on any atom is -0.487 e. The third-order valence-electron chi connectivity index (χ3n) is 7.49. The van der Waals surface area contributed by atoms with Gasteiger partial charge in [0.15, 0.2) is 0 Å². The highest BCUT2D eigenvalue weighted by molar-refractivity contribution is 5.99. The molecule has 210 valence electrons. The van der Waals surface area contributed by atoms with E-state index in [2.05, 4.69) is 15.5 Å². The molecule has 3 amide bonds. The number of anilines is 2. The molecule has 12 heteroatoms. The van der Waals surface area contributed by atoms with Crippen LogP contribution in [0.3, 0.4) is 0 Å². The molecule has 4 atom stereocenters. The zero-order chi connectivity index (χ0) is 27.7. The van der Waals surface area contributed by atoms with Crippen LogP contribution in [0, 0.1) is 0 Å². The van der Waals surface area contributed by atoms with Crippen molar-refractivity contribution < 1.29 is 37.3 Å². The zero-order valence-electron chi connectivity index (χ0n) is 21.4. The van der Waals surface area contributed by atoms with Crippen molar-refractivity contribution in [2.75, 3.05) is 50.5 Å². The summed E-state index contributed by atoms with van der Waals surface area (Å²) in [6.45, 7) is 2.74. The molecule has 0 aromatic heterocycles. The van der Waals surface area contributed by atoms with Gasteiger partial charge in [-0.3, -0.25) is 4.79 Å². The standard InChI is InChI=1S/C27H31F3N4O5/c1-33-8-10-34(11-9-33)24(36)14-19-13-21-20-12-18(6-7-22(20)39-25(21)23(15-35)38-19)32-26(37)31-17-4-2-16(3-5-17)27(28,29)30/h2-7,12,19,21,23,25,35H,8-11,13-15H2,1H3,(H2,31,32,37)/t19-,21+,23+,25-/m1/s1. The van der Waals surface area contributed by atoms with Crippen LogP contribution >= 0.6 is 0 Å². The maximum Gasteiger partial charge on any atom is 0.416 e. The van der Waals surface area contributed by atoms with Gasteiger partial charge in [0.25, 0.3) is 0 Å². The molecule has 0 radical (unpaired) electrons.